The lowest BCUT2D eigenvalue weighted by Gasteiger charge is -2.57. The number of rotatable bonds is 5. The number of amides is 1. The number of carbonyl (C=O) groups is 1. The minimum atomic E-state index is -4.46. The molecular formula is C23H23F3N6O2. The average molecular weight is 472 g/mol. The van der Waals surface area contributed by atoms with E-state index in [9.17, 15) is 18.0 Å². The van der Waals surface area contributed by atoms with Gasteiger partial charge in [0, 0.05) is 24.0 Å². The first-order valence-corrected chi connectivity index (χ1v) is 11.1. The van der Waals surface area contributed by atoms with Gasteiger partial charge in [-0.05, 0) is 49.8 Å². The Morgan fingerprint density at radius 3 is 2.53 bits per heavy atom. The summed E-state index contributed by atoms with van der Waals surface area (Å²) in [5.74, 6) is 0.474. The molecule has 1 amide bonds. The van der Waals surface area contributed by atoms with E-state index in [1.165, 1.54) is 23.3 Å². The van der Waals surface area contributed by atoms with Crippen LogP contribution < -0.4 is 4.74 Å². The van der Waals surface area contributed by atoms with Crippen molar-refractivity contribution in [2.45, 2.75) is 44.9 Å². The number of ether oxygens (including phenoxy) is 1. The minimum Gasteiger partial charge on any atom is -0.475 e. The fourth-order valence-corrected chi connectivity index (χ4v) is 4.81. The molecule has 0 N–H and O–H groups in total. The van der Waals surface area contributed by atoms with Crippen LogP contribution in [0, 0.1) is 18.8 Å². The number of halogens is 3. The summed E-state index contributed by atoms with van der Waals surface area (Å²) in [6.07, 6.45) is 1.16. The van der Waals surface area contributed by atoms with Gasteiger partial charge >= 0.3 is 6.18 Å². The number of piperidine rings is 2. The molecule has 0 unspecified atom stereocenters. The molecule has 0 spiro atoms. The van der Waals surface area contributed by atoms with Crippen LogP contribution in [-0.4, -0.2) is 54.5 Å². The second kappa shape index (κ2) is 8.37. The van der Waals surface area contributed by atoms with Gasteiger partial charge in [-0.15, -0.1) is 4.80 Å². The number of aryl methyl sites for hydroxylation is 1. The van der Waals surface area contributed by atoms with Crippen molar-refractivity contribution >= 4 is 5.91 Å². The van der Waals surface area contributed by atoms with Crippen molar-refractivity contribution < 1.29 is 22.7 Å². The molecule has 8 nitrogen and oxygen atoms in total. The van der Waals surface area contributed by atoms with Gasteiger partial charge in [0.25, 0.3) is 5.91 Å². The number of hydrogen-bond donors (Lipinski definition) is 0. The third-order valence-electron chi connectivity index (χ3n) is 6.80. The van der Waals surface area contributed by atoms with Crippen molar-refractivity contribution in [2.75, 3.05) is 6.61 Å². The van der Waals surface area contributed by atoms with Crippen LogP contribution in [0.25, 0.3) is 5.69 Å². The molecule has 2 bridgehead atoms. The van der Waals surface area contributed by atoms with Gasteiger partial charge in [-0.3, -0.25) is 4.79 Å². The lowest BCUT2D eigenvalue weighted by atomic mass is 9.64. The summed E-state index contributed by atoms with van der Waals surface area (Å²) in [5, 5.41) is 8.30. The second-order valence-electron chi connectivity index (χ2n) is 8.86. The zero-order valence-corrected chi connectivity index (χ0v) is 18.6. The standard InChI is InChI=1S/C23H23F3N6O2/c1-13-3-5-18(32-28-7-8-29-32)21(30-13)22(33)31-17-9-15(10-17)14(2)19(31)12-34-20-6-4-16(11-27-20)23(24,25)26/h3-8,11,14-15,17,19H,9-10,12H2,1-2H3/t14-,15?,17?,19-/m1/s1. The van der Waals surface area contributed by atoms with Crippen LogP contribution in [0.4, 0.5) is 13.2 Å². The maximum Gasteiger partial charge on any atom is 0.417 e. The van der Waals surface area contributed by atoms with E-state index in [0.717, 1.165) is 25.1 Å². The number of pyridine rings is 2. The normalized spacial score (nSPS) is 24.0. The van der Waals surface area contributed by atoms with Crippen LogP contribution in [0.2, 0.25) is 0 Å². The smallest absolute Gasteiger partial charge is 0.417 e. The zero-order chi connectivity index (χ0) is 24.0. The summed E-state index contributed by atoms with van der Waals surface area (Å²) in [4.78, 5) is 25.3. The first kappa shape index (κ1) is 22.3. The van der Waals surface area contributed by atoms with Crippen molar-refractivity contribution in [1.29, 1.82) is 0 Å². The third-order valence-corrected chi connectivity index (χ3v) is 6.80. The van der Waals surface area contributed by atoms with Gasteiger partial charge in [-0.1, -0.05) is 6.92 Å². The molecule has 0 aromatic carbocycles. The molecule has 2 aliphatic heterocycles. The summed E-state index contributed by atoms with van der Waals surface area (Å²) >= 11 is 0. The molecule has 178 valence electrons. The molecule has 1 aliphatic carbocycles. The van der Waals surface area contributed by atoms with E-state index in [4.69, 9.17) is 4.74 Å². The Morgan fingerprint density at radius 1 is 1.15 bits per heavy atom. The molecule has 3 aliphatic rings. The van der Waals surface area contributed by atoms with E-state index >= 15 is 0 Å². The first-order valence-electron chi connectivity index (χ1n) is 11.1. The first-order chi connectivity index (χ1) is 16.2. The predicted molar refractivity (Wildman–Crippen MR) is 114 cm³/mol. The summed E-state index contributed by atoms with van der Waals surface area (Å²) in [7, 11) is 0. The van der Waals surface area contributed by atoms with Gasteiger partial charge in [0.2, 0.25) is 5.88 Å². The quantitative estimate of drug-likeness (QED) is 0.563. The highest BCUT2D eigenvalue weighted by molar-refractivity contribution is 5.96. The Kier molecular flexibility index (Phi) is 5.49. The average Bonchev–Trinajstić information content (AvgIpc) is 3.31. The molecule has 2 atom stereocenters. The van der Waals surface area contributed by atoms with Crippen LogP contribution >= 0.6 is 0 Å². The predicted octanol–water partition coefficient (Wildman–Crippen LogP) is 3.70. The molecule has 34 heavy (non-hydrogen) atoms. The number of alkyl halides is 3. The molecule has 0 radical (unpaired) electrons. The van der Waals surface area contributed by atoms with Crippen LogP contribution in [-0.2, 0) is 6.18 Å². The van der Waals surface area contributed by atoms with Crippen LogP contribution in [0.15, 0.2) is 42.9 Å². The Morgan fingerprint density at radius 2 is 1.88 bits per heavy atom. The molecule has 3 aromatic heterocycles. The zero-order valence-electron chi connectivity index (χ0n) is 18.6. The highest BCUT2D eigenvalue weighted by Gasteiger charge is 2.51. The molecule has 6 rings (SSSR count). The van der Waals surface area contributed by atoms with Gasteiger partial charge in [-0.2, -0.15) is 23.4 Å². The summed E-state index contributed by atoms with van der Waals surface area (Å²) < 4.78 is 44.2. The highest BCUT2D eigenvalue weighted by Crippen LogP contribution is 2.47. The van der Waals surface area contributed by atoms with Gasteiger partial charge in [0.1, 0.15) is 12.3 Å². The Balaban J connectivity index is 1.40. The molecule has 1 saturated carbocycles. The molecule has 3 fully saturated rings. The van der Waals surface area contributed by atoms with Crippen molar-refractivity contribution in [3.8, 4) is 11.6 Å². The van der Waals surface area contributed by atoms with Crippen LogP contribution in [0.5, 0.6) is 5.88 Å². The van der Waals surface area contributed by atoms with E-state index in [-0.39, 0.29) is 42.1 Å². The van der Waals surface area contributed by atoms with Gasteiger partial charge in [-0.25, -0.2) is 9.97 Å². The SMILES string of the molecule is Cc1ccc(-n2nccn2)c(C(=O)N2C3CC(C3)[C@@H](C)[C@H]2COc2ccc(C(F)(F)F)cn2)n1. The van der Waals surface area contributed by atoms with E-state index in [1.807, 2.05) is 11.8 Å². The number of nitrogens with zero attached hydrogens (tertiary/aromatic N) is 6. The molecule has 3 aromatic rings. The van der Waals surface area contributed by atoms with Crippen molar-refractivity contribution in [1.82, 2.24) is 29.9 Å². The fraction of sp³-hybridized carbons (Fsp3) is 0.435. The lowest BCUT2D eigenvalue weighted by molar-refractivity contribution is -0.137. The minimum absolute atomic E-state index is 0.0589. The Bertz CT molecular complexity index is 1180. The Labute approximate surface area is 193 Å². The maximum absolute atomic E-state index is 13.8. The number of aromatic nitrogens is 5. The fourth-order valence-electron chi connectivity index (χ4n) is 4.81. The largest absolute Gasteiger partial charge is 0.475 e. The third kappa shape index (κ3) is 3.99. The van der Waals surface area contributed by atoms with E-state index < -0.39 is 11.7 Å². The monoisotopic (exact) mass is 472 g/mol. The number of hydrogen-bond acceptors (Lipinski definition) is 6. The van der Waals surface area contributed by atoms with Gasteiger partial charge in [0.05, 0.1) is 24.0 Å². The van der Waals surface area contributed by atoms with Crippen molar-refractivity contribution in [2.24, 2.45) is 11.8 Å². The maximum atomic E-state index is 13.8. The van der Waals surface area contributed by atoms with Crippen molar-refractivity contribution in [3.05, 3.63) is 59.8 Å². The Hall–Kier alpha value is -3.50. The van der Waals surface area contributed by atoms with E-state index in [0.29, 0.717) is 17.3 Å². The summed E-state index contributed by atoms with van der Waals surface area (Å²) in [5.41, 5.74) is 0.594. The molecule has 5 heterocycles. The molecule has 2 saturated heterocycles. The van der Waals surface area contributed by atoms with Gasteiger partial charge < -0.3 is 9.64 Å². The lowest BCUT2D eigenvalue weighted by Crippen LogP contribution is -2.64. The van der Waals surface area contributed by atoms with E-state index in [1.54, 1.807) is 12.1 Å². The molecular weight excluding hydrogens is 449 g/mol. The summed E-state index contributed by atoms with van der Waals surface area (Å²) in [6.45, 7) is 4.01. The number of fused-ring (bicyclic) bond motifs is 2. The highest BCUT2D eigenvalue weighted by atomic mass is 19.4. The van der Waals surface area contributed by atoms with Crippen molar-refractivity contribution in [3.63, 3.8) is 0 Å². The summed E-state index contributed by atoms with van der Waals surface area (Å²) in [6, 6.07) is 5.49. The van der Waals surface area contributed by atoms with Gasteiger partial charge in [0.15, 0.2) is 5.69 Å². The van der Waals surface area contributed by atoms with Crippen LogP contribution in [0.1, 0.15) is 41.5 Å². The topological polar surface area (TPSA) is 86.0 Å². The van der Waals surface area contributed by atoms with E-state index in [2.05, 4.69) is 27.1 Å². The number of carbonyl (C=O) groups excluding carboxylic acids is 1. The second-order valence-corrected chi connectivity index (χ2v) is 8.86. The van der Waals surface area contributed by atoms with Crippen LogP contribution in [0.3, 0.4) is 0 Å². The molecule has 11 heteroatoms.